The molecule has 0 radical (unpaired) electrons. The standard InChI is InChI=1S/C17H25F3N4O3/c1-5-11(2)15(12(27-4)7-9-25)24(3)14(26)10-22-16-21-8-6-13(23-16)17(18,19)20/h6,8-9,11-12,15H,5,7,10H2,1-4H3,(H,21,22,23). The molecule has 10 heteroatoms. The molecule has 0 saturated heterocycles. The molecular formula is C17H25F3N4O3. The fraction of sp³-hybridized carbons (Fsp3) is 0.647. The van der Waals surface area contributed by atoms with Gasteiger partial charge in [0.25, 0.3) is 0 Å². The average molecular weight is 390 g/mol. The second kappa shape index (κ2) is 10.2. The number of methoxy groups -OCH3 is 1. The Hall–Kier alpha value is -2.23. The molecule has 152 valence electrons. The van der Waals surface area contributed by atoms with Crippen molar-refractivity contribution in [1.29, 1.82) is 0 Å². The minimum atomic E-state index is -4.59. The van der Waals surface area contributed by atoms with E-state index in [-0.39, 0.29) is 36.8 Å². The maximum Gasteiger partial charge on any atom is 0.433 e. The molecule has 0 aromatic carbocycles. The predicted molar refractivity (Wildman–Crippen MR) is 93.0 cm³/mol. The van der Waals surface area contributed by atoms with E-state index in [0.717, 1.165) is 25.0 Å². The number of anilines is 1. The molecule has 0 saturated carbocycles. The minimum Gasteiger partial charge on any atom is -0.379 e. The Balaban J connectivity index is 2.85. The maximum atomic E-state index is 12.7. The highest BCUT2D eigenvalue weighted by Gasteiger charge is 2.34. The third-order valence-electron chi connectivity index (χ3n) is 4.42. The number of carbonyl (C=O) groups excluding carboxylic acids is 2. The zero-order chi connectivity index (χ0) is 20.6. The first-order valence-corrected chi connectivity index (χ1v) is 8.51. The summed E-state index contributed by atoms with van der Waals surface area (Å²) in [4.78, 5) is 31.9. The van der Waals surface area contributed by atoms with E-state index in [1.807, 2.05) is 13.8 Å². The van der Waals surface area contributed by atoms with Gasteiger partial charge in [0.1, 0.15) is 12.0 Å². The first-order chi connectivity index (χ1) is 12.6. The molecule has 0 aliphatic carbocycles. The van der Waals surface area contributed by atoms with Crippen molar-refractivity contribution in [2.75, 3.05) is 26.0 Å². The number of hydrogen-bond acceptors (Lipinski definition) is 6. The van der Waals surface area contributed by atoms with E-state index in [2.05, 4.69) is 15.3 Å². The molecule has 1 aromatic heterocycles. The summed E-state index contributed by atoms with van der Waals surface area (Å²) in [5, 5.41) is 2.51. The number of hydrogen-bond donors (Lipinski definition) is 1. The van der Waals surface area contributed by atoms with Crippen LogP contribution in [-0.4, -0.2) is 59.9 Å². The summed E-state index contributed by atoms with van der Waals surface area (Å²) in [6, 6.07) is 0.391. The third-order valence-corrected chi connectivity index (χ3v) is 4.42. The van der Waals surface area contributed by atoms with Crippen molar-refractivity contribution in [3.63, 3.8) is 0 Å². The van der Waals surface area contributed by atoms with Crippen LogP contribution in [-0.2, 0) is 20.5 Å². The number of halogens is 3. The van der Waals surface area contributed by atoms with Gasteiger partial charge in [0, 0.05) is 26.8 Å². The van der Waals surface area contributed by atoms with Gasteiger partial charge in [-0.3, -0.25) is 4.79 Å². The van der Waals surface area contributed by atoms with Crippen LogP contribution in [0.1, 0.15) is 32.4 Å². The first kappa shape index (κ1) is 22.8. The third kappa shape index (κ3) is 6.46. The van der Waals surface area contributed by atoms with E-state index in [1.54, 1.807) is 7.05 Å². The summed E-state index contributed by atoms with van der Waals surface area (Å²) in [5.41, 5.74) is -1.09. The van der Waals surface area contributed by atoms with Gasteiger partial charge < -0.3 is 19.7 Å². The summed E-state index contributed by atoms with van der Waals surface area (Å²) in [5.74, 6) is -0.620. The van der Waals surface area contributed by atoms with Crippen molar-refractivity contribution in [1.82, 2.24) is 14.9 Å². The summed E-state index contributed by atoms with van der Waals surface area (Å²) in [6.07, 6.45) is -2.48. The lowest BCUT2D eigenvalue weighted by atomic mass is 9.91. The Morgan fingerprint density at radius 3 is 2.63 bits per heavy atom. The molecule has 3 atom stereocenters. The largest absolute Gasteiger partial charge is 0.433 e. The van der Waals surface area contributed by atoms with Gasteiger partial charge in [-0.05, 0) is 12.0 Å². The molecule has 1 heterocycles. The van der Waals surface area contributed by atoms with Gasteiger partial charge in [0.15, 0.2) is 0 Å². The topological polar surface area (TPSA) is 84.4 Å². The molecular weight excluding hydrogens is 365 g/mol. The maximum absolute atomic E-state index is 12.7. The van der Waals surface area contributed by atoms with Crippen molar-refractivity contribution < 1.29 is 27.5 Å². The van der Waals surface area contributed by atoms with Crippen LogP contribution in [0.3, 0.4) is 0 Å². The van der Waals surface area contributed by atoms with Gasteiger partial charge in [-0.2, -0.15) is 13.2 Å². The van der Waals surface area contributed by atoms with Gasteiger partial charge in [-0.15, -0.1) is 0 Å². The van der Waals surface area contributed by atoms with E-state index in [0.29, 0.717) is 0 Å². The fourth-order valence-corrected chi connectivity index (χ4v) is 2.76. The predicted octanol–water partition coefficient (Wildman–Crippen LogP) is 2.38. The molecule has 7 nitrogen and oxygen atoms in total. The Morgan fingerprint density at radius 1 is 1.44 bits per heavy atom. The monoisotopic (exact) mass is 390 g/mol. The van der Waals surface area contributed by atoms with Crippen LogP contribution in [0.5, 0.6) is 0 Å². The van der Waals surface area contributed by atoms with Crippen molar-refractivity contribution in [3.8, 4) is 0 Å². The molecule has 1 aromatic rings. The molecule has 27 heavy (non-hydrogen) atoms. The van der Waals surface area contributed by atoms with Crippen LogP contribution in [0.2, 0.25) is 0 Å². The first-order valence-electron chi connectivity index (χ1n) is 8.51. The zero-order valence-corrected chi connectivity index (χ0v) is 15.8. The van der Waals surface area contributed by atoms with E-state index in [9.17, 15) is 22.8 Å². The Morgan fingerprint density at radius 2 is 2.11 bits per heavy atom. The number of carbonyl (C=O) groups is 2. The molecule has 0 aliphatic rings. The number of likely N-dealkylation sites (N-methyl/N-ethyl adjacent to an activating group) is 1. The van der Waals surface area contributed by atoms with Crippen LogP contribution in [0, 0.1) is 5.92 Å². The van der Waals surface area contributed by atoms with Crippen LogP contribution in [0.4, 0.5) is 19.1 Å². The smallest absolute Gasteiger partial charge is 0.379 e. The van der Waals surface area contributed by atoms with Crippen LogP contribution >= 0.6 is 0 Å². The van der Waals surface area contributed by atoms with Gasteiger partial charge in [-0.1, -0.05) is 20.3 Å². The molecule has 1 N–H and O–H groups in total. The normalized spacial score (nSPS) is 14.9. The van der Waals surface area contributed by atoms with Gasteiger partial charge in [0.05, 0.1) is 18.7 Å². The second-order valence-corrected chi connectivity index (χ2v) is 6.17. The Labute approximate surface area is 156 Å². The highest BCUT2D eigenvalue weighted by Crippen LogP contribution is 2.27. The highest BCUT2D eigenvalue weighted by atomic mass is 19.4. The number of rotatable bonds is 10. The van der Waals surface area contributed by atoms with Gasteiger partial charge >= 0.3 is 6.18 Å². The van der Waals surface area contributed by atoms with E-state index < -0.39 is 18.0 Å². The fourth-order valence-electron chi connectivity index (χ4n) is 2.76. The number of amides is 1. The average Bonchev–Trinajstić information content (AvgIpc) is 2.64. The lowest BCUT2D eigenvalue weighted by molar-refractivity contribution is -0.141. The summed E-state index contributed by atoms with van der Waals surface area (Å²) < 4.78 is 43.4. The Bertz CT molecular complexity index is 628. The lowest BCUT2D eigenvalue weighted by Gasteiger charge is -2.37. The second-order valence-electron chi connectivity index (χ2n) is 6.17. The molecule has 1 amide bonds. The summed E-state index contributed by atoms with van der Waals surface area (Å²) in [6.45, 7) is 3.61. The van der Waals surface area contributed by atoms with Crippen LogP contribution < -0.4 is 5.32 Å². The van der Waals surface area contributed by atoms with Crippen molar-refractivity contribution in [2.24, 2.45) is 5.92 Å². The van der Waals surface area contributed by atoms with E-state index >= 15 is 0 Å². The highest BCUT2D eigenvalue weighted by molar-refractivity contribution is 5.80. The minimum absolute atomic E-state index is 0.0497. The summed E-state index contributed by atoms with van der Waals surface area (Å²) >= 11 is 0. The molecule has 0 spiro atoms. The quantitative estimate of drug-likeness (QED) is 0.618. The molecule has 1 rings (SSSR count). The molecule has 0 fully saturated rings. The SMILES string of the molecule is CCC(C)C(C(CC=O)OC)N(C)C(=O)CNc1nccc(C(F)(F)F)n1. The Kier molecular flexibility index (Phi) is 8.61. The molecule has 0 aliphatic heterocycles. The number of aromatic nitrogens is 2. The number of alkyl halides is 3. The summed E-state index contributed by atoms with van der Waals surface area (Å²) in [7, 11) is 3.04. The van der Waals surface area contributed by atoms with Crippen molar-refractivity contribution in [2.45, 2.75) is 45.0 Å². The molecule has 0 bridgehead atoms. The number of aldehydes is 1. The number of ether oxygens (including phenoxy) is 1. The van der Waals surface area contributed by atoms with Crippen LogP contribution in [0.25, 0.3) is 0 Å². The zero-order valence-electron chi connectivity index (χ0n) is 15.8. The van der Waals surface area contributed by atoms with Gasteiger partial charge in [-0.25, -0.2) is 9.97 Å². The van der Waals surface area contributed by atoms with Crippen LogP contribution in [0.15, 0.2) is 12.3 Å². The number of nitrogens with zero attached hydrogens (tertiary/aromatic N) is 3. The lowest BCUT2D eigenvalue weighted by Crippen LogP contribution is -2.50. The van der Waals surface area contributed by atoms with E-state index in [1.165, 1.54) is 12.0 Å². The van der Waals surface area contributed by atoms with Gasteiger partial charge in [0.2, 0.25) is 11.9 Å². The molecule has 3 unspecified atom stereocenters. The number of nitrogens with one attached hydrogen (secondary N) is 1. The van der Waals surface area contributed by atoms with Crippen molar-refractivity contribution >= 4 is 18.1 Å². The van der Waals surface area contributed by atoms with E-state index in [4.69, 9.17) is 4.74 Å². The van der Waals surface area contributed by atoms with Crippen molar-refractivity contribution in [3.05, 3.63) is 18.0 Å².